The number of carboxylic acid groups (broad SMARTS) is 1. The number of ether oxygens (including phenoxy) is 1. The van der Waals surface area contributed by atoms with Crippen LogP contribution in [0.2, 0.25) is 0 Å². The third kappa shape index (κ3) is 6.36. The molecule has 1 heterocycles. The highest BCUT2D eigenvalue weighted by molar-refractivity contribution is 5.73. The minimum Gasteiger partial charge on any atom is -0.480 e. The van der Waals surface area contributed by atoms with Gasteiger partial charge in [0.05, 0.1) is 6.10 Å². The van der Waals surface area contributed by atoms with Crippen LogP contribution in [0.3, 0.4) is 0 Å². The van der Waals surface area contributed by atoms with E-state index in [0.717, 1.165) is 51.9 Å². The lowest BCUT2D eigenvalue weighted by atomic mass is 10.1. The molecule has 0 bridgehead atoms. The summed E-state index contributed by atoms with van der Waals surface area (Å²) in [5, 5.41) is 12.3. The molecule has 2 N–H and O–H groups in total. The molecule has 0 aromatic rings. The van der Waals surface area contributed by atoms with Crippen molar-refractivity contribution in [1.29, 1.82) is 0 Å². The summed E-state index contributed by atoms with van der Waals surface area (Å²) >= 11 is 0. The molecule has 2 atom stereocenters. The third-order valence-electron chi connectivity index (χ3n) is 3.40. The summed E-state index contributed by atoms with van der Waals surface area (Å²) in [6, 6.07) is -0.468. The number of hydrogen-bond donors (Lipinski definition) is 2. The SMILES string of the molecule is CCCNC(CN1CCCC(OCCC)C1)C(=O)O. The fourth-order valence-corrected chi connectivity index (χ4v) is 2.41. The monoisotopic (exact) mass is 272 g/mol. The van der Waals surface area contributed by atoms with E-state index in [1.54, 1.807) is 0 Å². The van der Waals surface area contributed by atoms with E-state index in [9.17, 15) is 9.90 Å². The summed E-state index contributed by atoms with van der Waals surface area (Å²) in [5.41, 5.74) is 0. The number of piperidine rings is 1. The van der Waals surface area contributed by atoms with Crippen LogP contribution in [-0.4, -0.2) is 60.9 Å². The Morgan fingerprint density at radius 1 is 1.47 bits per heavy atom. The first-order valence-electron chi connectivity index (χ1n) is 7.47. The molecular weight excluding hydrogens is 244 g/mol. The van der Waals surface area contributed by atoms with Crippen molar-refractivity contribution in [3.8, 4) is 0 Å². The molecule has 0 amide bonds. The molecule has 1 aliphatic heterocycles. The highest BCUT2D eigenvalue weighted by Crippen LogP contribution is 2.13. The lowest BCUT2D eigenvalue weighted by Gasteiger charge is -2.34. The predicted octanol–water partition coefficient (Wildman–Crippen LogP) is 1.33. The van der Waals surface area contributed by atoms with Gasteiger partial charge in [0.1, 0.15) is 6.04 Å². The van der Waals surface area contributed by atoms with E-state index in [-0.39, 0.29) is 6.10 Å². The Morgan fingerprint density at radius 2 is 2.26 bits per heavy atom. The van der Waals surface area contributed by atoms with Crippen LogP contribution in [0.5, 0.6) is 0 Å². The lowest BCUT2D eigenvalue weighted by Crippen LogP contribution is -2.50. The lowest BCUT2D eigenvalue weighted by molar-refractivity contribution is -0.140. The fraction of sp³-hybridized carbons (Fsp3) is 0.929. The van der Waals surface area contributed by atoms with Crippen molar-refractivity contribution in [2.75, 3.05) is 32.8 Å². The van der Waals surface area contributed by atoms with Gasteiger partial charge in [-0.3, -0.25) is 9.69 Å². The summed E-state index contributed by atoms with van der Waals surface area (Å²) in [5.74, 6) is -0.759. The van der Waals surface area contributed by atoms with E-state index >= 15 is 0 Å². The largest absolute Gasteiger partial charge is 0.480 e. The molecule has 1 rings (SSSR count). The van der Waals surface area contributed by atoms with Gasteiger partial charge in [0, 0.05) is 19.7 Å². The Bertz CT molecular complexity index is 261. The molecule has 112 valence electrons. The van der Waals surface area contributed by atoms with Crippen LogP contribution >= 0.6 is 0 Å². The zero-order valence-corrected chi connectivity index (χ0v) is 12.2. The van der Waals surface area contributed by atoms with Crippen molar-refractivity contribution in [3.05, 3.63) is 0 Å². The van der Waals surface area contributed by atoms with Crippen LogP contribution in [-0.2, 0) is 9.53 Å². The van der Waals surface area contributed by atoms with Crippen molar-refractivity contribution in [3.63, 3.8) is 0 Å². The van der Waals surface area contributed by atoms with Gasteiger partial charge in [-0.1, -0.05) is 13.8 Å². The number of nitrogens with one attached hydrogen (secondary N) is 1. The molecule has 1 saturated heterocycles. The average molecular weight is 272 g/mol. The summed E-state index contributed by atoms with van der Waals surface area (Å²) in [4.78, 5) is 13.4. The number of nitrogens with zero attached hydrogens (tertiary/aromatic N) is 1. The molecule has 5 heteroatoms. The highest BCUT2D eigenvalue weighted by atomic mass is 16.5. The summed E-state index contributed by atoms with van der Waals surface area (Å²) in [6.07, 6.45) is 4.44. The first kappa shape index (κ1) is 16.4. The van der Waals surface area contributed by atoms with Gasteiger partial charge in [-0.25, -0.2) is 0 Å². The summed E-state index contributed by atoms with van der Waals surface area (Å²) in [6.45, 7) is 8.11. The van der Waals surface area contributed by atoms with E-state index in [2.05, 4.69) is 17.1 Å². The van der Waals surface area contributed by atoms with Crippen LogP contribution in [0.15, 0.2) is 0 Å². The molecule has 1 fully saturated rings. The van der Waals surface area contributed by atoms with Gasteiger partial charge in [0.15, 0.2) is 0 Å². The van der Waals surface area contributed by atoms with Gasteiger partial charge in [-0.15, -0.1) is 0 Å². The standard InChI is InChI=1S/C14H28N2O3/c1-3-7-15-13(14(17)18)11-16-8-5-6-12(10-16)19-9-4-2/h12-13,15H,3-11H2,1-2H3,(H,17,18). The molecule has 0 aromatic carbocycles. The zero-order chi connectivity index (χ0) is 14.1. The van der Waals surface area contributed by atoms with Crippen molar-refractivity contribution in [1.82, 2.24) is 10.2 Å². The maximum Gasteiger partial charge on any atom is 0.322 e. The molecule has 19 heavy (non-hydrogen) atoms. The Hall–Kier alpha value is -0.650. The molecule has 1 aliphatic rings. The smallest absolute Gasteiger partial charge is 0.322 e. The first-order chi connectivity index (χ1) is 9.17. The molecule has 0 saturated carbocycles. The summed E-state index contributed by atoms with van der Waals surface area (Å²) < 4.78 is 5.78. The maximum atomic E-state index is 11.2. The first-order valence-corrected chi connectivity index (χ1v) is 7.47. The number of carboxylic acids is 1. The molecule has 0 spiro atoms. The molecule has 0 aliphatic carbocycles. The van der Waals surface area contributed by atoms with Gasteiger partial charge >= 0.3 is 5.97 Å². The van der Waals surface area contributed by atoms with Crippen LogP contribution < -0.4 is 5.32 Å². The van der Waals surface area contributed by atoms with E-state index in [4.69, 9.17) is 4.74 Å². The normalized spacial score (nSPS) is 22.3. The predicted molar refractivity (Wildman–Crippen MR) is 75.4 cm³/mol. The van der Waals surface area contributed by atoms with Crippen LogP contribution in [0.25, 0.3) is 0 Å². The van der Waals surface area contributed by atoms with Crippen LogP contribution in [0.4, 0.5) is 0 Å². The Morgan fingerprint density at radius 3 is 2.89 bits per heavy atom. The number of carbonyl (C=O) groups is 1. The molecule has 2 unspecified atom stereocenters. The second-order valence-corrected chi connectivity index (χ2v) is 5.24. The van der Waals surface area contributed by atoms with Gasteiger partial charge in [-0.05, 0) is 38.8 Å². The third-order valence-corrected chi connectivity index (χ3v) is 3.40. The Balaban J connectivity index is 2.38. The number of likely N-dealkylation sites (tertiary alicyclic amines) is 1. The van der Waals surface area contributed by atoms with E-state index in [0.29, 0.717) is 6.54 Å². The Labute approximate surface area is 116 Å². The maximum absolute atomic E-state index is 11.2. The molecular formula is C14H28N2O3. The van der Waals surface area contributed by atoms with E-state index < -0.39 is 12.0 Å². The molecule has 5 nitrogen and oxygen atoms in total. The fourth-order valence-electron chi connectivity index (χ4n) is 2.41. The van der Waals surface area contributed by atoms with Crippen LogP contribution in [0, 0.1) is 0 Å². The highest BCUT2D eigenvalue weighted by Gasteiger charge is 2.25. The zero-order valence-electron chi connectivity index (χ0n) is 12.2. The van der Waals surface area contributed by atoms with Gasteiger partial charge < -0.3 is 15.2 Å². The quantitative estimate of drug-likeness (QED) is 0.663. The van der Waals surface area contributed by atoms with Gasteiger partial charge in [0.2, 0.25) is 0 Å². The second kappa shape index (κ2) is 9.28. The van der Waals surface area contributed by atoms with E-state index in [1.807, 2.05) is 6.92 Å². The minimum absolute atomic E-state index is 0.273. The topological polar surface area (TPSA) is 61.8 Å². The number of hydrogen-bond acceptors (Lipinski definition) is 4. The minimum atomic E-state index is -0.759. The van der Waals surface area contributed by atoms with Crippen molar-refractivity contribution >= 4 is 5.97 Å². The van der Waals surface area contributed by atoms with Crippen molar-refractivity contribution in [2.24, 2.45) is 0 Å². The molecule has 0 radical (unpaired) electrons. The summed E-state index contributed by atoms with van der Waals surface area (Å²) in [7, 11) is 0. The second-order valence-electron chi connectivity index (χ2n) is 5.24. The van der Waals surface area contributed by atoms with Crippen molar-refractivity contribution in [2.45, 2.75) is 51.7 Å². The number of rotatable bonds is 9. The molecule has 0 aromatic heterocycles. The van der Waals surface area contributed by atoms with Gasteiger partial charge in [0.25, 0.3) is 0 Å². The van der Waals surface area contributed by atoms with E-state index in [1.165, 1.54) is 0 Å². The Kier molecular flexibility index (Phi) is 8.02. The average Bonchev–Trinajstić information content (AvgIpc) is 2.41. The van der Waals surface area contributed by atoms with Crippen molar-refractivity contribution < 1.29 is 14.6 Å². The van der Waals surface area contributed by atoms with Crippen LogP contribution in [0.1, 0.15) is 39.5 Å². The number of aliphatic carboxylic acids is 1. The van der Waals surface area contributed by atoms with Gasteiger partial charge in [-0.2, -0.15) is 0 Å².